The molecule has 1 unspecified atom stereocenters. The minimum Gasteiger partial charge on any atom is -0.479 e. The van der Waals surface area contributed by atoms with E-state index >= 15 is 0 Å². The molecule has 0 aromatic carbocycles. The van der Waals surface area contributed by atoms with E-state index in [1.54, 1.807) is 0 Å². The molecule has 0 heterocycles. The summed E-state index contributed by atoms with van der Waals surface area (Å²) < 4.78 is 0. The van der Waals surface area contributed by atoms with Gasteiger partial charge in [-0.1, -0.05) is 13.3 Å². The van der Waals surface area contributed by atoms with Gasteiger partial charge in [0.05, 0.1) is 0 Å². The largest absolute Gasteiger partial charge is 0.479 e. The van der Waals surface area contributed by atoms with Crippen molar-refractivity contribution in [3.63, 3.8) is 0 Å². The second kappa shape index (κ2) is 4.85. The molecule has 0 aromatic heterocycles. The number of carboxylic acid groups (broad SMARTS) is 1. The molecule has 0 amide bonds. The van der Waals surface area contributed by atoms with E-state index in [4.69, 9.17) is 10.2 Å². The van der Waals surface area contributed by atoms with Gasteiger partial charge in [0.25, 0.3) is 0 Å². The van der Waals surface area contributed by atoms with Crippen LogP contribution >= 0.6 is 0 Å². The van der Waals surface area contributed by atoms with Crippen LogP contribution < -0.4 is 0 Å². The van der Waals surface area contributed by atoms with Crippen molar-refractivity contribution in [1.29, 1.82) is 0 Å². The number of Topliss-reactive ketones (excluding diaryl/α,β-unsaturated/α-hetero) is 1. The van der Waals surface area contributed by atoms with E-state index in [0.717, 1.165) is 6.42 Å². The van der Waals surface area contributed by atoms with Gasteiger partial charge in [0, 0.05) is 6.42 Å². The standard InChI is InChI=1S/C7H12O4/c1-2-3-4-5(8)6(9)7(10)11/h6,9H,2-4H2,1H3,(H,10,11). The van der Waals surface area contributed by atoms with Crippen molar-refractivity contribution >= 4 is 11.8 Å². The summed E-state index contributed by atoms with van der Waals surface area (Å²) in [4.78, 5) is 20.7. The second-order valence-corrected chi connectivity index (χ2v) is 2.31. The predicted molar refractivity (Wildman–Crippen MR) is 38.2 cm³/mol. The third-order valence-corrected chi connectivity index (χ3v) is 1.32. The number of aliphatic carboxylic acids is 1. The van der Waals surface area contributed by atoms with Crippen LogP contribution in [-0.4, -0.2) is 28.1 Å². The Kier molecular flexibility index (Phi) is 4.45. The van der Waals surface area contributed by atoms with Gasteiger partial charge in [-0.3, -0.25) is 4.79 Å². The number of carbonyl (C=O) groups excluding carboxylic acids is 1. The molecule has 0 rings (SSSR count). The molecule has 0 fully saturated rings. The molecular formula is C7H12O4. The summed E-state index contributed by atoms with van der Waals surface area (Å²) >= 11 is 0. The number of ketones is 1. The number of carbonyl (C=O) groups is 2. The second-order valence-electron chi connectivity index (χ2n) is 2.31. The Balaban J connectivity index is 3.74. The lowest BCUT2D eigenvalue weighted by Gasteiger charge is -2.02. The number of hydrogen-bond donors (Lipinski definition) is 2. The first-order valence-corrected chi connectivity index (χ1v) is 3.53. The monoisotopic (exact) mass is 160 g/mol. The van der Waals surface area contributed by atoms with Crippen molar-refractivity contribution in [2.24, 2.45) is 0 Å². The molecule has 0 bridgehead atoms. The van der Waals surface area contributed by atoms with E-state index in [1.165, 1.54) is 0 Å². The number of rotatable bonds is 5. The van der Waals surface area contributed by atoms with Gasteiger partial charge in [0.2, 0.25) is 6.10 Å². The summed E-state index contributed by atoms with van der Waals surface area (Å²) in [6.07, 6.45) is -0.243. The van der Waals surface area contributed by atoms with Crippen LogP contribution in [0.1, 0.15) is 26.2 Å². The van der Waals surface area contributed by atoms with Crippen LogP contribution in [-0.2, 0) is 9.59 Å². The van der Waals surface area contributed by atoms with E-state index in [9.17, 15) is 9.59 Å². The average Bonchev–Trinajstić information content (AvgIpc) is 1.98. The van der Waals surface area contributed by atoms with Crippen LogP contribution in [0.2, 0.25) is 0 Å². The first-order valence-electron chi connectivity index (χ1n) is 3.53. The molecule has 0 aliphatic carbocycles. The lowest BCUT2D eigenvalue weighted by molar-refractivity contribution is -0.152. The Morgan fingerprint density at radius 3 is 2.36 bits per heavy atom. The predicted octanol–water partition coefficient (Wildman–Crippen LogP) is 0.191. The highest BCUT2D eigenvalue weighted by Gasteiger charge is 2.21. The summed E-state index contributed by atoms with van der Waals surface area (Å²) in [5, 5.41) is 16.9. The fourth-order valence-electron chi connectivity index (χ4n) is 0.625. The van der Waals surface area contributed by atoms with Gasteiger partial charge < -0.3 is 10.2 Å². The number of aliphatic hydroxyl groups excluding tert-OH is 1. The maximum Gasteiger partial charge on any atom is 0.340 e. The zero-order valence-electron chi connectivity index (χ0n) is 6.41. The van der Waals surface area contributed by atoms with Crippen molar-refractivity contribution in [3.05, 3.63) is 0 Å². The van der Waals surface area contributed by atoms with Gasteiger partial charge in [-0.2, -0.15) is 0 Å². The van der Waals surface area contributed by atoms with Gasteiger partial charge in [0.1, 0.15) is 0 Å². The number of aliphatic hydroxyl groups is 1. The van der Waals surface area contributed by atoms with Crippen LogP contribution in [0.15, 0.2) is 0 Å². The van der Waals surface area contributed by atoms with Gasteiger partial charge in [0.15, 0.2) is 5.78 Å². The van der Waals surface area contributed by atoms with Crippen LogP contribution in [0, 0.1) is 0 Å². The van der Waals surface area contributed by atoms with Crippen molar-refractivity contribution in [1.82, 2.24) is 0 Å². The lowest BCUT2D eigenvalue weighted by atomic mass is 10.1. The Morgan fingerprint density at radius 2 is 2.00 bits per heavy atom. The fraction of sp³-hybridized carbons (Fsp3) is 0.714. The van der Waals surface area contributed by atoms with Gasteiger partial charge in [-0.25, -0.2) is 4.79 Å². The molecule has 0 radical (unpaired) electrons. The minimum atomic E-state index is -1.83. The molecule has 0 aromatic rings. The zero-order valence-corrected chi connectivity index (χ0v) is 6.41. The van der Waals surface area contributed by atoms with Crippen LogP contribution in [0.3, 0.4) is 0 Å². The normalized spacial score (nSPS) is 12.5. The van der Waals surface area contributed by atoms with Crippen molar-refractivity contribution < 1.29 is 19.8 Å². The van der Waals surface area contributed by atoms with Crippen LogP contribution in [0.5, 0.6) is 0 Å². The summed E-state index contributed by atoms with van der Waals surface area (Å²) in [6.45, 7) is 1.89. The molecule has 0 spiro atoms. The Bertz CT molecular complexity index is 153. The van der Waals surface area contributed by atoms with Gasteiger partial charge in [-0.05, 0) is 6.42 Å². The zero-order chi connectivity index (χ0) is 8.85. The maximum atomic E-state index is 10.7. The topological polar surface area (TPSA) is 74.6 Å². The fourth-order valence-corrected chi connectivity index (χ4v) is 0.625. The number of carboxylic acids is 1. The highest BCUT2D eigenvalue weighted by Crippen LogP contribution is 1.98. The van der Waals surface area contributed by atoms with E-state index in [-0.39, 0.29) is 6.42 Å². The summed E-state index contributed by atoms with van der Waals surface area (Å²) in [6, 6.07) is 0. The summed E-state index contributed by atoms with van der Waals surface area (Å²) in [7, 11) is 0. The molecule has 64 valence electrons. The highest BCUT2D eigenvalue weighted by atomic mass is 16.4. The van der Waals surface area contributed by atoms with Crippen LogP contribution in [0.4, 0.5) is 0 Å². The van der Waals surface area contributed by atoms with E-state index in [1.807, 2.05) is 6.92 Å². The van der Waals surface area contributed by atoms with Crippen molar-refractivity contribution in [2.45, 2.75) is 32.3 Å². The van der Waals surface area contributed by atoms with E-state index in [0.29, 0.717) is 6.42 Å². The summed E-state index contributed by atoms with van der Waals surface area (Å²) in [5.74, 6) is -2.08. The smallest absolute Gasteiger partial charge is 0.340 e. The molecule has 2 N–H and O–H groups in total. The molecule has 1 atom stereocenters. The van der Waals surface area contributed by atoms with E-state index in [2.05, 4.69) is 0 Å². The third-order valence-electron chi connectivity index (χ3n) is 1.32. The SMILES string of the molecule is CCCCC(=O)C(O)C(=O)O. The highest BCUT2D eigenvalue weighted by molar-refractivity contribution is 6.00. The molecule has 0 aliphatic heterocycles. The Morgan fingerprint density at radius 1 is 1.45 bits per heavy atom. The van der Waals surface area contributed by atoms with Gasteiger partial charge in [-0.15, -0.1) is 0 Å². The number of hydrogen-bond acceptors (Lipinski definition) is 3. The van der Waals surface area contributed by atoms with Crippen LogP contribution in [0.25, 0.3) is 0 Å². The Labute approximate surface area is 64.8 Å². The van der Waals surface area contributed by atoms with Gasteiger partial charge >= 0.3 is 5.97 Å². The molecule has 4 heteroatoms. The molecule has 0 saturated carbocycles. The molecule has 11 heavy (non-hydrogen) atoms. The third kappa shape index (κ3) is 3.72. The maximum absolute atomic E-state index is 10.7. The van der Waals surface area contributed by atoms with Crippen molar-refractivity contribution in [3.8, 4) is 0 Å². The van der Waals surface area contributed by atoms with E-state index < -0.39 is 17.9 Å². The summed E-state index contributed by atoms with van der Waals surface area (Å²) in [5.41, 5.74) is 0. The Hall–Kier alpha value is -0.900. The first kappa shape index (κ1) is 10.1. The molecular weight excluding hydrogens is 148 g/mol. The quantitative estimate of drug-likeness (QED) is 0.563. The number of unbranched alkanes of at least 4 members (excludes halogenated alkanes) is 1. The minimum absolute atomic E-state index is 0.143. The van der Waals surface area contributed by atoms with Crippen molar-refractivity contribution in [2.75, 3.05) is 0 Å². The molecule has 0 aliphatic rings. The molecule has 0 saturated heterocycles. The molecule has 4 nitrogen and oxygen atoms in total. The lowest BCUT2D eigenvalue weighted by Crippen LogP contribution is -2.29. The average molecular weight is 160 g/mol. The first-order chi connectivity index (χ1) is 5.09.